The molecule has 16 aromatic carbocycles. The van der Waals surface area contributed by atoms with Gasteiger partial charge in [-0.25, -0.2) is 0 Å². The van der Waals surface area contributed by atoms with Crippen molar-refractivity contribution in [1.29, 1.82) is 0 Å². The first kappa shape index (κ1) is 47.8. The van der Waals surface area contributed by atoms with Crippen LogP contribution < -0.4 is 41.5 Å². The van der Waals surface area contributed by atoms with E-state index in [0.29, 0.717) is 16.8 Å². The summed E-state index contributed by atoms with van der Waals surface area (Å²) in [6.07, 6.45) is 0.0956. The van der Waals surface area contributed by atoms with E-state index in [0.717, 1.165) is 32.0 Å². The largest absolute Gasteiger partial charge is 0.309 e. The summed E-state index contributed by atoms with van der Waals surface area (Å²) >= 11 is 3.70. The Kier molecular flexibility index (Phi) is 12.6. The second kappa shape index (κ2) is 27.1. The van der Waals surface area contributed by atoms with E-state index in [9.17, 15) is 0 Å². The topological polar surface area (TPSA) is 14.8 Å². The van der Waals surface area contributed by atoms with Crippen molar-refractivity contribution >= 4 is 139 Å². The van der Waals surface area contributed by atoms with Crippen LogP contribution in [0.2, 0.25) is 0 Å². The van der Waals surface area contributed by atoms with Gasteiger partial charge in [0.25, 0.3) is 0 Å². The Balaban J connectivity index is 0.000000138. The van der Waals surface area contributed by atoms with E-state index in [1.165, 1.54) is 69.0 Å². The van der Waals surface area contributed by atoms with Gasteiger partial charge in [-0.15, -0.1) is 0 Å². The van der Waals surface area contributed by atoms with Crippen molar-refractivity contribution in [2.45, 2.75) is 6.42 Å². The molecule has 20 rings (SSSR count). The van der Waals surface area contributed by atoms with Crippen molar-refractivity contribution in [3.05, 3.63) is 428 Å². The first-order valence-corrected chi connectivity index (χ1v) is 38.9. The highest BCUT2D eigenvalue weighted by molar-refractivity contribution is 9.10. The number of aromatic nitrogens is 3. The van der Waals surface area contributed by atoms with Gasteiger partial charge in [0.15, 0.2) is 16.1 Å². The zero-order valence-corrected chi connectivity index (χ0v) is 59.0. The van der Waals surface area contributed by atoms with Gasteiger partial charge in [0.1, 0.15) is 0 Å². The predicted molar refractivity (Wildman–Crippen MR) is 446 cm³/mol. The highest BCUT2D eigenvalue weighted by Gasteiger charge is 2.43. The molecule has 0 bridgehead atoms. The maximum atomic E-state index is 9.04. The highest BCUT2D eigenvalue weighted by atomic mass is 79.9. The molecule has 0 amide bonds. The third-order valence-corrected chi connectivity index (χ3v) is 30.1. The number of para-hydroxylation sites is 4. The van der Waals surface area contributed by atoms with Crippen LogP contribution in [-0.2, 0) is 6.42 Å². The molecular weight excluding hydrogens is 1340 g/mol. The second-order valence-electron chi connectivity index (χ2n) is 25.5. The highest BCUT2D eigenvalue weighted by Crippen LogP contribution is 2.39. The van der Waals surface area contributed by atoms with Crippen molar-refractivity contribution < 1.29 is 21.9 Å². The van der Waals surface area contributed by atoms with E-state index < -0.39 is 40.3 Å². The van der Waals surface area contributed by atoms with Crippen LogP contribution in [0.5, 0.6) is 0 Å². The van der Waals surface area contributed by atoms with Gasteiger partial charge in [-0.2, -0.15) is 0 Å². The lowest BCUT2D eigenvalue weighted by Crippen LogP contribution is -2.74. The molecule has 0 aliphatic heterocycles. The summed E-state index contributed by atoms with van der Waals surface area (Å²) < 4.78 is 140. The van der Waals surface area contributed by atoms with Crippen LogP contribution in [0, 0.1) is 0 Å². The molecule has 0 saturated heterocycles. The molecule has 0 fully saturated rings. The maximum absolute atomic E-state index is 9.04. The van der Waals surface area contributed by atoms with E-state index in [2.05, 4.69) is 310 Å². The van der Waals surface area contributed by atoms with Crippen molar-refractivity contribution in [2.24, 2.45) is 0 Å². The van der Waals surface area contributed by atoms with Gasteiger partial charge >= 0.3 is 0 Å². The number of rotatable bonds is 11. The number of hydrogen-bond acceptors (Lipinski definition) is 0. The van der Waals surface area contributed by atoms with E-state index >= 15 is 0 Å². The average Bonchev–Trinajstić information content (AvgIpc) is 1.61. The molecule has 3 heterocycles. The zero-order chi connectivity index (χ0) is 82.6. The quantitative estimate of drug-likeness (QED) is 0.0906. The summed E-state index contributed by atoms with van der Waals surface area (Å²) in [6, 6.07) is 108. The Bertz CT molecular complexity index is 6960. The first-order chi connectivity index (χ1) is 57.7. The molecule has 6 heteroatoms. The van der Waals surface area contributed by atoms with E-state index in [-0.39, 0.29) is 112 Å². The Morgan fingerprint density at radius 1 is 0.233 bits per heavy atom. The van der Waals surface area contributed by atoms with Crippen LogP contribution >= 0.6 is 15.9 Å². The summed E-state index contributed by atoms with van der Waals surface area (Å²) in [5.41, 5.74) is 8.22. The molecule has 0 N–H and O–H groups in total. The van der Waals surface area contributed by atoms with Gasteiger partial charge in [0.05, 0.1) is 55.0 Å². The van der Waals surface area contributed by atoms with Crippen LogP contribution in [0.4, 0.5) is 0 Å². The van der Waals surface area contributed by atoms with Crippen LogP contribution in [0.1, 0.15) is 33.1 Å². The van der Waals surface area contributed by atoms with Crippen molar-refractivity contribution in [2.75, 3.05) is 0 Å². The molecule has 103 heavy (non-hydrogen) atoms. The van der Waals surface area contributed by atoms with E-state index in [1.54, 1.807) is 4.57 Å². The average molecular weight is 1430 g/mol. The number of fused-ring (bicyclic) bond motifs is 12. The van der Waals surface area contributed by atoms with Crippen LogP contribution in [-0.4, -0.2) is 29.8 Å². The molecule has 0 saturated carbocycles. The fraction of sp³-hybridized carbons (Fsp3) is 0.0103. The minimum absolute atomic E-state index is 0.0558. The standard InChI is InChI=1S/C48H34N2Si.C36H26BrNSi.C13H10/c1-4-18-37(19-5-1)51(38-20-6-2-7-21-38,39-22-8-3-9-23-39)40-24-16-17-35(33-40)49-47-30-15-12-27-43(47)44-34-36(31-32-48(44)49)50-45-28-13-10-25-41(45)42-26-11-14-29-46(42)50;37-27-23-24-36-34(25-27)33-21-10-11-22-35(33)38(36)28-13-12-20-32(26-28)39(29-14-4-1-5-15-29,30-16-6-2-7-17-30)31-18-8-3-9-19-31;1-3-7-12-10(5-1)9-11-6-2-4-8-13(11)12/h1-34H;1-26H;1-8H,9H2/i10D,11D,13D,14D,25D,26D,28D,29D;;1D,2D,3D,4D,5D,6D,7D,8D. The van der Waals surface area contributed by atoms with Gasteiger partial charge in [-0.05, 0) is 155 Å². The molecule has 488 valence electrons. The number of nitrogens with zero attached hydrogens (tertiary/aromatic N) is 3. The Morgan fingerprint density at radius 2 is 0.544 bits per heavy atom. The number of benzene rings is 16. The molecule has 1 aliphatic carbocycles. The third kappa shape index (κ3) is 10.9. The molecule has 3 nitrogen and oxygen atoms in total. The van der Waals surface area contributed by atoms with Gasteiger partial charge in [-0.1, -0.05) is 343 Å². The molecule has 1 aliphatic rings. The lowest BCUT2D eigenvalue weighted by molar-refractivity contribution is 1.17. The van der Waals surface area contributed by atoms with Gasteiger partial charge in [0, 0.05) is 53.9 Å². The van der Waals surface area contributed by atoms with Crippen molar-refractivity contribution in [3.63, 3.8) is 0 Å². The summed E-state index contributed by atoms with van der Waals surface area (Å²) in [5, 5.41) is 15.0. The first-order valence-electron chi connectivity index (χ1n) is 42.1. The SMILES string of the molecule is Brc1ccc2c(c1)c1ccccc1n2-c1cccc([Si](c2ccccc2)(c2ccccc2)c2ccccc2)c1.[2H]c1c([2H])c([2H])c2c(c1[2H])Cc1c([2H])c([2H])c([2H])c([2H])c1-2.[2H]c1c([2H])c([2H])c2c(c1[2H])c1c([2H])c([2H])c([2H])c([2H])c1n2-c1ccc2c(c1)c1ccccc1n2-c1cccc([Si](c2ccccc2)(c2ccccc2)c2ccccc2)c1. The minimum atomic E-state index is -2.85. The lowest BCUT2D eigenvalue weighted by Gasteiger charge is -2.34. The normalized spacial score (nSPS) is 14.1. The van der Waals surface area contributed by atoms with E-state index in [4.69, 9.17) is 21.9 Å². The number of halogens is 1. The van der Waals surface area contributed by atoms with Crippen molar-refractivity contribution in [1.82, 2.24) is 13.7 Å². The summed E-state index contributed by atoms with van der Waals surface area (Å²) in [6.45, 7) is 0. The summed E-state index contributed by atoms with van der Waals surface area (Å²) in [5.74, 6) is 0. The van der Waals surface area contributed by atoms with Crippen LogP contribution in [0.15, 0.2) is 417 Å². The van der Waals surface area contributed by atoms with Crippen LogP contribution in [0.25, 0.3) is 93.6 Å². The Morgan fingerprint density at radius 3 is 0.961 bits per heavy atom. The molecule has 0 unspecified atom stereocenters. The fourth-order valence-corrected chi connectivity index (χ4v) is 25.6. The minimum Gasteiger partial charge on any atom is -0.309 e. The predicted octanol–water partition coefficient (Wildman–Crippen LogP) is 19.4. The molecule has 0 radical (unpaired) electrons. The third-order valence-electron chi connectivity index (χ3n) is 20.0. The van der Waals surface area contributed by atoms with Gasteiger partial charge in [0.2, 0.25) is 0 Å². The second-order valence-corrected chi connectivity index (χ2v) is 34.1. The smallest absolute Gasteiger partial charge is 0.179 e. The van der Waals surface area contributed by atoms with Crippen molar-refractivity contribution in [3.8, 4) is 28.2 Å². The monoisotopic (exact) mass is 1430 g/mol. The number of hydrogen-bond donors (Lipinski definition) is 0. The molecular formula is C97H70BrN3Si2. The fourth-order valence-electron chi connectivity index (χ4n) is 15.7. The van der Waals surface area contributed by atoms with E-state index in [1.807, 2.05) is 30.3 Å². The molecule has 19 aromatic rings. The molecule has 3 aromatic heterocycles. The van der Waals surface area contributed by atoms with Gasteiger partial charge < -0.3 is 13.7 Å². The van der Waals surface area contributed by atoms with Crippen LogP contribution in [0.3, 0.4) is 0 Å². The van der Waals surface area contributed by atoms with Gasteiger partial charge in [-0.3, -0.25) is 0 Å². The zero-order valence-electron chi connectivity index (χ0n) is 71.4. The Hall–Kier alpha value is -12.2. The maximum Gasteiger partial charge on any atom is 0.179 e. The summed E-state index contributed by atoms with van der Waals surface area (Å²) in [4.78, 5) is 0. The molecule has 0 atom stereocenters. The summed E-state index contributed by atoms with van der Waals surface area (Å²) in [7, 11) is -5.46. The Labute approximate surface area is 633 Å². The lowest BCUT2D eigenvalue weighted by atomic mass is 10.1. The molecule has 0 spiro atoms.